The van der Waals surface area contributed by atoms with Crippen molar-refractivity contribution < 1.29 is 8.42 Å². The monoisotopic (exact) mass is 253 g/mol. The van der Waals surface area contributed by atoms with E-state index in [2.05, 4.69) is 6.58 Å². The first kappa shape index (κ1) is 13.9. The molecule has 0 saturated carbocycles. The Morgan fingerprint density at radius 1 is 1.29 bits per heavy atom. The van der Waals surface area contributed by atoms with Crippen LogP contribution in [0.25, 0.3) is 0 Å². The quantitative estimate of drug-likeness (QED) is 0.577. The van der Waals surface area contributed by atoms with Crippen LogP contribution in [0, 0.1) is 6.92 Å². The molecule has 0 aliphatic carbocycles. The van der Waals surface area contributed by atoms with Crippen LogP contribution in [0.3, 0.4) is 0 Å². The molecule has 0 heterocycles. The minimum Gasteiger partial charge on any atom is -0.207 e. The van der Waals surface area contributed by atoms with Crippen LogP contribution in [0.5, 0.6) is 0 Å². The number of allylic oxidation sites excluding steroid dienone is 1. The van der Waals surface area contributed by atoms with E-state index in [4.69, 9.17) is 0 Å². The lowest BCUT2D eigenvalue weighted by molar-refractivity contribution is 0.463. The number of unbranched alkanes of at least 4 members (excludes halogenated alkanes) is 1. The highest BCUT2D eigenvalue weighted by Crippen LogP contribution is 2.15. The van der Waals surface area contributed by atoms with E-state index >= 15 is 0 Å². The summed E-state index contributed by atoms with van der Waals surface area (Å²) >= 11 is 0. The first-order valence-electron chi connectivity index (χ1n) is 5.62. The minimum atomic E-state index is -3.34. The molecule has 4 heteroatoms. The Labute approximate surface area is 104 Å². The molecule has 1 aromatic carbocycles. The normalized spacial score (nSPS) is 11.7. The molecule has 0 aliphatic heterocycles. The number of benzene rings is 1. The molecule has 1 aromatic rings. The number of aryl methyl sites for hydroxylation is 1. The second-order valence-electron chi connectivity index (χ2n) is 4.07. The second kappa shape index (κ2) is 5.98. The summed E-state index contributed by atoms with van der Waals surface area (Å²) in [6.07, 6.45) is 3.42. The number of nitrogens with zero attached hydrogens (tertiary/aromatic N) is 1. The van der Waals surface area contributed by atoms with Gasteiger partial charge < -0.3 is 0 Å². The third-order valence-corrected chi connectivity index (χ3v) is 4.48. The molecule has 0 unspecified atom stereocenters. The SMILES string of the molecule is C=CCCCN(C)S(=O)(=O)c1ccc(C)cc1. The largest absolute Gasteiger partial charge is 0.242 e. The van der Waals surface area contributed by atoms with Gasteiger partial charge in [-0.1, -0.05) is 23.8 Å². The van der Waals surface area contributed by atoms with Crippen molar-refractivity contribution in [3.05, 3.63) is 42.5 Å². The average molecular weight is 253 g/mol. The Hall–Kier alpha value is -1.13. The van der Waals surface area contributed by atoms with E-state index < -0.39 is 10.0 Å². The maximum Gasteiger partial charge on any atom is 0.242 e. The van der Waals surface area contributed by atoms with Gasteiger partial charge in [-0.25, -0.2) is 12.7 Å². The van der Waals surface area contributed by atoms with Crippen molar-refractivity contribution in [3.8, 4) is 0 Å². The molecule has 0 N–H and O–H groups in total. The van der Waals surface area contributed by atoms with Crippen molar-refractivity contribution in [2.45, 2.75) is 24.7 Å². The lowest BCUT2D eigenvalue weighted by Gasteiger charge is -2.16. The molecule has 1 rings (SSSR count). The molecule has 0 saturated heterocycles. The predicted molar refractivity (Wildman–Crippen MR) is 70.4 cm³/mol. The maximum absolute atomic E-state index is 12.1. The van der Waals surface area contributed by atoms with Crippen LogP contribution in [-0.2, 0) is 10.0 Å². The van der Waals surface area contributed by atoms with Crippen molar-refractivity contribution in [3.63, 3.8) is 0 Å². The molecule has 0 bridgehead atoms. The Kier molecular flexibility index (Phi) is 4.90. The fraction of sp³-hybridized carbons (Fsp3) is 0.385. The summed E-state index contributed by atoms with van der Waals surface area (Å²) in [4.78, 5) is 0.351. The molecule has 0 fully saturated rings. The Morgan fingerprint density at radius 2 is 1.88 bits per heavy atom. The van der Waals surface area contributed by atoms with Gasteiger partial charge in [-0.2, -0.15) is 0 Å². The summed E-state index contributed by atoms with van der Waals surface area (Å²) in [7, 11) is -1.73. The number of hydrogen-bond acceptors (Lipinski definition) is 2. The molecule has 94 valence electrons. The zero-order valence-corrected chi connectivity index (χ0v) is 11.2. The first-order chi connectivity index (χ1) is 7.98. The van der Waals surface area contributed by atoms with Crippen LogP contribution >= 0.6 is 0 Å². The van der Waals surface area contributed by atoms with Crippen molar-refractivity contribution in [1.29, 1.82) is 0 Å². The highest BCUT2D eigenvalue weighted by molar-refractivity contribution is 7.89. The van der Waals surface area contributed by atoms with E-state index in [1.165, 1.54) is 4.31 Å². The van der Waals surface area contributed by atoms with E-state index in [1.54, 1.807) is 25.3 Å². The van der Waals surface area contributed by atoms with E-state index in [0.717, 1.165) is 18.4 Å². The van der Waals surface area contributed by atoms with Crippen molar-refractivity contribution in [2.75, 3.05) is 13.6 Å². The molecule has 0 amide bonds. The van der Waals surface area contributed by atoms with E-state index in [1.807, 2.05) is 19.1 Å². The number of rotatable bonds is 6. The standard InChI is InChI=1S/C13H19NO2S/c1-4-5-6-11-14(3)17(15,16)13-9-7-12(2)8-10-13/h4,7-10H,1,5-6,11H2,2-3H3. The topological polar surface area (TPSA) is 37.4 Å². The van der Waals surface area contributed by atoms with Gasteiger partial charge in [0.25, 0.3) is 0 Å². The van der Waals surface area contributed by atoms with Gasteiger partial charge in [0.05, 0.1) is 4.90 Å². The Morgan fingerprint density at radius 3 is 2.41 bits per heavy atom. The molecular formula is C13H19NO2S. The van der Waals surface area contributed by atoms with Gasteiger partial charge in [-0.05, 0) is 31.9 Å². The van der Waals surface area contributed by atoms with Crippen molar-refractivity contribution in [2.24, 2.45) is 0 Å². The minimum absolute atomic E-state index is 0.351. The van der Waals surface area contributed by atoms with E-state index in [0.29, 0.717) is 11.4 Å². The fourth-order valence-corrected chi connectivity index (χ4v) is 2.68. The molecular weight excluding hydrogens is 234 g/mol. The number of hydrogen-bond donors (Lipinski definition) is 0. The summed E-state index contributed by atoms with van der Waals surface area (Å²) in [6.45, 7) is 6.07. The predicted octanol–water partition coefficient (Wildman–Crippen LogP) is 2.58. The van der Waals surface area contributed by atoms with Crippen LogP contribution in [0.4, 0.5) is 0 Å². The van der Waals surface area contributed by atoms with Crippen LogP contribution in [0.2, 0.25) is 0 Å². The fourth-order valence-electron chi connectivity index (χ4n) is 1.47. The van der Waals surface area contributed by atoms with Gasteiger partial charge in [-0.15, -0.1) is 6.58 Å². The average Bonchev–Trinajstić information content (AvgIpc) is 2.29. The van der Waals surface area contributed by atoms with Gasteiger partial charge in [-0.3, -0.25) is 0 Å². The van der Waals surface area contributed by atoms with Crippen LogP contribution < -0.4 is 0 Å². The highest BCUT2D eigenvalue weighted by Gasteiger charge is 2.19. The zero-order chi connectivity index (χ0) is 12.9. The molecule has 0 radical (unpaired) electrons. The molecule has 0 aliphatic rings. The Balaban J connectivity index is 2.80. The van der Waals surface area contributed by atoms with E-state index in [-0.39, 0.29) is 0 Å². The molecule has 0 atom stereocenters. The smallest absolute Gasteiger partial charge is 0.207 e. The van der Waals surface area contributed by atoms with Gasteiger partial charge in [0.2, 0.25) is 10.0 Å². The number of sulfonamides is 1. The second-order valence-corrected chi connectivity index (χ2v) is 6.12. The summed E-state index contributed by atoms with van der Waals surface area (Å²) in [5, 5.41) is 0. The maximum atomic E-state index is 12.1. The summed E-state index contributed by atoms with van der Waals surface area (Å²) in [6, 6.07) is 6.91. The zero-order valence-electron chi connectivity index (χ0n) is 10.4. The van der Waals surface area contributed by atoms with Crippen molar-refractivity contribution in [1.82, 2.24) is 4.31 Å². The molecule has 3 nitrogen and oxygen atoms in total. The summed E-state index contributed by atoms with van der Waals surface area (Å²) in [5.74, 6) is 0. The highest BCUT2D eigenvalue weighted by atomic mass is 32.2. The molecule has 17 heavy (non-hydrogen) atoms. The van der Waals surface area contributed by atoms with Gasteiger partial charge in [0.15, 0.2) is 0 Å². The van der Waals surface area contributed by atoms with Gasteiger partial charge in [0, 0.05) is 13.6 Å². The molecule has 0 aromatic heterocycles. The first-order valence-corrected chi connectivity index (χ1v) is 7.06. The third kappa shape index (κ3) is 3.68. The lowest BCUT2D eigenvalue weighted by Crippen LogP contribution is -2.27. The van der Waals surface area contributed by atoms with Crippen LogP contribution in [-0.4, -0.2) is 26.3 Å². The van der Waals surface area contributed by atoms with E-state index in [9.17, 15) is 8.42 Å². The summed E-state index contributed by atoms with van der Waals surface area (Å²) < 4.78 is 25.7. The van der Waals surface area contributed by atoms with Crippen LogP contribution in [0.1, 0.15) is 18.4 Å². The molecule has 0 spiro atoms. The Bertz CT molecular complexity index is 463. The lowest BCUT2D eigenvalue weighted by atomic mass is 10.2. The van der Waals surface area contributed by atoms with Crippen molar-refractivity contribution >= 4 is 10.0 Å². The van der Waals surface area contributed by atoms with Gasteiger partial charge in [0.1, 0.15) is 0 Å². The van der Waals surface area contributed by atoms with Crippen LogP contribution in [0.15, 0.2) is 41.8 Å². The summed E-state index contributed by atoms with van der Waals surface area (Å²) in [5.41, 5.74) is 1.05. The van der Waals surface area contributed by atoms with Gasteiger partial charge >= 0.3 is 0 Å². The third-order valence-electron chi connectivity index (χ3n) is 2.61.